The molecule has 8 heteroatoms. The maximum absolute atomic E-state index is 13.4. The Labute approximate surface area is 133 Å². The van der Waals surface area contributed by atoms with Crippen molar-refractivity contribution in [1.82, 2.24) is 9.55 Å². The molecular weight excluding hydrogens is 328 g/mol. The number of hydrogen-bond donors (Lipinski definition) is 1. The summed E-state index contributed by atoms with van der Waals surface area (Å²) < 4.78 is 54.4. The number of aromatic carboxylic acids is 1. The van der Waals surface area contributed by atoms with Crippen LogP contribution in [0.25, 0.3) is 11.0 Å². The van der Waals surface area contributed by atoms with Crippen LogP contribution < -0.4 is 0 Å². The van der Waals surface area contributed by atoms with Crippen LogP contribution in [-0.2, 0) is 12.7 Å². The number of hydrogen-bond acceptors (Lipinski definition) is 2. The molecule has 1 aromatic carbocycles. The van der Waals surface area contributed by atoms with Gasteiger partial charge in [0.1, 0.15) is 17.2 Å². The van der Waals surface area contributed by atoms with Crippen LogP contribution in [0.2, 0.25) is 0 Å². The van der Waals surface area contributed by atoms with E-state index in [0.29, 0.717) is 5.56 Å². The molecule has 0 spiro atoms. The molecule has 3 aromatic rings. The Morgan fingerprint density at radius 3 is 2.58 bits per heavy atom. The van der Waals surface area contributed by atoms with Gasteiger partial charge in [-0.2, -0.15) is 13.2 Å². The number of carboxylic acid groups (broad SMARTS) is 1. The molecule has 2 aromatic heterocycles. The molecule has 0 saturated carbocycles. The quantitative estimate of drug-likeness (QED) is 0.736. The Morgan fingerprint density at radius 2 is 1.96 bits per heavy atom. The van der Waals surface area contributed by atoms with E-state index in [2.05, 4.69) is 4.98 Å². The molecule has 4 nitrogen and oxygen atoms in total. The average Bonchev–Trinajstić information content (AvgIpc) is 2.82. The third kappa shape index (κ3) is 2.70. The normalized spacial score (nSPS) is 11.8. The van der Waals surface area contributed by atoms with Crippen molar-refractivity contribution < 1.29 is 27.5 Å². The number of fused-ring (bicyclic) bond motifs is 1. The van der Waals surface area contributed by atoms with Gasteiger partial charge >= 0.3 is 12.1 Å². The number of benzene rings is 1. The Hall–Kier alpha value is -2.90. The molecule has 0 amide bonds. The van der Waals surface area contributed by atoms with Gasteiger partial charge in [0, 0.05) is 18.1 Å². The number of aromatic nitrogens is 2. The second kappa shape index (κ2) is 5.63. The second-order valence-corrected chi connectivity index (χ2v) is 5.12. The summed E-state index contributed by atoms with van der Waals surface area (Å²) in [7, 11) is 0. The lowest BCUT2D eigenvalue weighted by atomic mass is 10.1. The van der Waals surface area contributed by atoms with Gasteiger partial charge in [-0.15, -0.1) is 0 Å². The topological polar surface area (TPSA) is 55.1 Å². The van der Waals surface area contributed by atoms with Gasteiger partial charge < -0.3 is 9.67 Å². The van der Waals surface area contributed by atoms with E-state index in [-0.39, 0.29) is 17.6 Å². The fourth-order valence-corrected chi connectivity index (χ4v) is 2.66. The van der Waals surface area contributed by atoms with Crippen molar-refractivity contribution in [2.75, 3.05) is 0 Å². The lowest BCUT2D eigenvalue weighted by Crippen LogP contribution is -2.16. The lowest BCUT2D eigenvalue weighted by molar-refractivity contribution is -0.136. The van der Waals surface area contributed by atoms with Crippen LogP contribution >= 0.6 is 0 Å². The van der Waals surface area contributed by atoms with Crippen molar-refractivity contribution >= 4 is 17.0 Å². The van der Waals surface area contributed by atoms with Crippen molar-refractivity contribution in [3.63, 3.8) is 0 Å². The maximum atomic E-state index is 13.4. The first-order chi connectivity index (χ1) is 11.3. The van der Waals surface area contributed by atoms with Gasteiger partial charge in [0.25, 0.3) is 0 Å². The van der Waals surface area contributed by atoms with E-state index in [1.807, 2.05) is 0 Å². The third-order valence-corrected chi connectivity index (χ3v) is 3.53. The maximum Gasteiger partial charge on any atom is 0.419 e. The summed E-state index contributed by atoms with van der Waals surface area (Å²) in [6.45, 7) is -0.247. The highest BCUT2D eigenvalue weighted by molar-refractivity contribution is 5.97. The minimum Gasteiger partial charge on any atom is -0.477 e. The molecule has 0 radical (unpaired) electrons. The van der Waals surface area contributed by atoms with E-state index >= 15 is 0 Å². The zero-order valence-electron chi connectivity index (χ0n) is 12.0. The van der Waals surface area contributed by atoms with Gasteiger partial charge in [-0.1, -0.05) is 12.1 Å². The Morgan fingerprint density at radius 1 is 1.21 bits per heavy atom. The highest BCUT2D eigenvalue weighted by Gasteiger charge is 2.41. The van der Waals surface area contributed by atoms with Gasteiger partial charge in [0.05, 0.1) is 5.56 Å². The van der Waals surface area contributed by atoms with Crippen LogP contribution in [0, 0.1) is 5.82 Å². The van der Waals surface area contributed by atoms with Gasteiger partial charge in [-0.05, 0) is 29.8 Å². The predicted molar refractivity (Wildman–Crippen MR) is 77.2 cm³/mol. The molecule has 3 rings (SSSR count). The Bertz CT molecular complexity index is 931. The van der Waals surface area contributed by atoms with E-state index < -0.39 is 29.2 Å². The Balaban J connectivity index is 2.30. The predicted octanol–water partition coefficient (Wildman–Crippen LogP) is 3.94. The van der Waals surface area contributed by atoms with Crippen LogP contribution in [0.1, 0.15) is 21.6 Å². The summed E-state index contributed by atoms with van der Waals surface area (Å²) in [5, 5.41) is 9.01. The molecule has 124 valence electrons. The fourth-order valence-electron chi connectivity index (χ4n) is 2.66. The van der Waals surface area contributed by atoms with Crippen LogP contribution in [0.5, 0.6) is 0 Å². The molecule has 0 fully saturated rings. The number of nitrogens with zero attached hydrogens (tertiary/aromatic N) is 2. The number of pyridine rings is 1. The Kier molecular flexibility index (Phi) is 3.75. The fraction of sp³-hybridized carbons (Fsp3) is 0.125. The minimum absolute atomic E-state index is 0.119. The van der Waals surface area contributed by atoms with Crippen molar-refractivity contribution in [2.24, 2.45) is 0 Å². The van der Waals surface area contributed by atoms with Gasteiger partial charge in [-0.25, -0.2) is 14.2 Å². The van der Waals surface area contributed by atoms with E-state index in [1.165, 1.54) is 36.5 Å². The number of carboxylic acids is 1. The number of carbonyl (C=O) groups is 1. The summed E-state index contributed by atoms with van der Waals surface area (Å²) in [6, 6.07) is 7.68. The summed E-state index contributed by atoms with van der Waals surface area (Å²) in [5.74, 6) is -2.29. The van der Waals surface area contributed by atoms with Crippen LogP contribution in [0.4, 0.5) is 17.6 Å². The van der Waals surface area contributed by atoms with Crippen molar-refractivity contribution in [3.8, 4) is 0 Å². The molecule has 0 bridgehead atoms. The molecule has 0 atom stereocenters. The largest absolute Gasteiger partial charge is 0.477 e. The van der Waals surface area contributed by atoms with Crippen molar-refractivity contribution in [2.45, 2.75) is 12.7 Å². The van der Waals surface area contributed by atoms with E-state index in [0.717, 1.165) is 10.6 Å². The highest BCUT2D eigenvalue weighted by atomic mass is 19.4. The molecule has 1 N–H and O–H groups in total. The van der Waals surface area contributed by atoms with Crippen LogP contribution in [-0.4, -0.2) is 20.6 Å². The molecule has 0 saturated heterocycles. The first-order valence-corrected chi connectivity index (χ1v) is 6.81. The van der Waals surface area contributed by atoms with Crippen molar-refractivity contribution in [3.05, 3.63) is 65.2 Å². The number of halogens is 4. The first kappa shape index (κ1) is 16.0. The summed E-state index contributed by atoms with van der Waals surface area (Å²) in [6.07, 6.45) is -3.58. The minimum atomic E-state index is -4.86. The SMILES string of the molecule is O=C(O)c1c(C(F)(F)F)c2cccnc2n1Cc1cccc(F)c1. The molecule has 24 heavy (non-hydrogen) atoms. The highest BCUT2D eigenvalue weighted by Crippen LogP contribution is 2.39. The van der Waals surface area contributed by atoms with E-state index in [4.69, 9.17) is 0 Å². The molecule has 2 heterocycles. The lowest BCUT2D eigenvalue weighted by Gasteiger charge is -2.10. The molecule has 0 aliphatic heterocycles. The number of rotatable bonds is 3. The van der Waals surface area contributed by atoms with E-state index in [9.17, 15) is 27.5 Å². The molecular formula is C16H10F4N2O2. The third-order valence-electron chi connectivity index (χ3n) is 3.53. The molecule has 0 aliphatic carbocycles. The van der Waals surface area contributed by atoms with E-state index in [1.54, 1.807) is 0 Å². The van der Waals surface area contributed by atoms with Crippen molar-refractivity contribution in [1.29, 1.82) is 0 Å². The zero-order valence-corrected chi connectivity index (χ0v) is 12.0. The summed E-state index contributed by atoms with van der Waals surface area (Å²) in [5.41, 5.74) is -1.96. The monoisotopic (exact) mass is 338 g/mol. The molecule has 0 aliphatic rings. The van der Waals surface area contributed by atoms with Gasteiger partial charge in [0.2, 0.25) is 0 Å². The first-order valence-electron chi connectivity index (χ1n) is 6.81. The summed E-state index contributed by atoms with van der Waals surface area (Å²) in [4.78, 5) is 15.4. The second-order valence-electron chi connectivity index (χ2n) is 5.12. The van der Waals surface area contributed by atoms with Crippen LogP contribution in [0.15, 0.2) is 42.6 Å². The molecule has 0 unspecified atom stereocenters. The van der Waals surface area contributed by atoms with Gasteiger partial charge in [-0.3, -0.25) is 0 Å². The smallest absolute Gasteiger partial charge is 0.419 e. The standard InChI is InChI=1S/C16H10F4N2O2/c17-10-4-1-3-9(7-10)8-22-13(15(23)24)12(16(18,19)20)11-5-2-6-21-14(11)22/h1-7H,8H2,(H,23,24). The van der Waals surface area contributed by atoms with Crippen LogP contribution in [0.3, 0.4) is 0 Å². The van der Waals surface area contributed by atoms with Gasteiger partial charge in [0.15, 0.2) is 0 Å². The zero-order chi connectivity index (χ0) is 17.5. The average molecular weight is 338 g/mol. The number of alkyl halides is 3. The summed E-state index contributed by atoms with van der Waals surface area (Å²) >= 11 is 0.